The number of nitrogens with zero attached hydrogens (tertiary/aromatic N) is 2. The molecule has 1 fully saturated rings. The molecule has 0 amide bonds. The molecule has 1 aliphatic carbocycles. The molecule has 1 aliphatic rings. The Labute approximate surface area is 105 Å². The van der Waals surface area contributed by atoms with Gasteiger partial charge in [0.15, 0.2) is 0 Å². The van der Waals surface area contributed by atoms with Gasteiger partial charge in [0.25, 0.3) is 0 Å². The van der Waals surface area contributed by atoms with E-state index in [0.29, 0.717) is 18.0 Å². The highest BCUT2D eigenvalue weighted by Gasteiger charge is 2.18. The summed E-state index contributed by atoms with van der Waals surface area (Å²) in [4.78, 5) is 0. The fourth-order valence-corrected chi connectivity index (χ4v) is 2.75. The summed E-state index contributed by atoms with van der Waals surface area (Å²) in [5, 5.41) is 8.12. The Balaban J connectivity index is 1.97. The zero-order valence-corrected chi connectivity index (χ0v) is 11.3. The maximum atomic E-state index is 4.74. The molecule has 1 atom stereocenters. The second-order valence-electron chi connectivity index (χ2n) is 5.57. The van der Waals surface area contributed by atoms with Crippen LogP contribution in [0.3, 0.4) is 0 Å². The average Bonchev–Trinajstić information content (AvgIpc) is 2.95. The topological polar surface area (TPSA) is 29.9 Å². The van der Waals surface area contributed by atoms with Crippen LogP contribution in [0, 0.1) is 5.92 Å². The van der Waals surface area contributed by atoms with E-state index in [2.05, 4.69) is 36.1 Å². The van der Waals surface area contributed by atoms with Crippen molar-refractivity contribution in [3.8, 4) is 0 Å². The minimum Gasteiger partial charge on any atom is -0.316 e. The molecule has 0 saturated heterocycles. The van der Waals surface area contributed by atoms with Crippen LogP contribution in [0.25, 0.3) is 0 Å². The molecule has 2 rings (SSSR count). The Morgan fingerprint density at radius 2 is 2.12 bits per heavy atom. The number of hydrogen-bond donors (Lipinski definition) is 1. The van der Waals surface area contributed by atoms with E-state index in [1.807, 2.05) is 7.05 Å². The Kier molecular flexibility index (Phi) is 4.21. The molecule has 0 aromatic carbocycles. The zero-order chi connectivity index (χ0) is 12.3. The third-order valence-electron chi connectivity index (χ3n) is 3.97. The summed E-state index contributed by atoms with van der Waals surface area (Å²) in [5.74, 6) is 0.650. The summed E-state index contributed by atoms with van der Waals surface area (Å²) in [5.41, 5.74) is 1.23. The van der Waals surface area contributed by atoms with Gasteiger partial charge in [-0.15, -0.1) is 0 Å². The lowest BCUT2D eigenvalue weighted by molar-refractivity contribution is 0.413. The Bertz CT molecular complexity index is 337. The maximum absolute atomic E-state index is 4.74. The van der Waals surface area contributed by atoms with E-state index in [9.17, 15) is 0 Å². The molecule has 0 spiro atoms. The van der Waals surface area contributed by atoms with Crippen molar-refractivity contribution in [2.45, 2.75) is 58.0 Å². The van der Waals surface area contributed by atoms with Crippen LogP contribution in [0.1, 0.15) is 51.3 Å². The molecule has 96 valence electrons. The minimum atomic E-state index is 0.530. The van der Waals surface area contributed by atoms with E-state index in [1.54, 1.807) is 0 Å². The van der Waals surface area contributed by atoms with Gasteiger partial charge in [-0.3, -0.25) is 4.68 Å². The smallest absolute Gasteiger partial charge is 0.0640 e. The first-order valence-corrected chi connectivity index (χ1v) is 6.92. The van der Waals surface area contributed by atoms with Crippen LogP contribution < -0.4 is 5.32 Å². The molecule has 1 aromatic rings. The summed E-state index contributed by atoms with van der Waals surface area (Å²) in [6, 6.07) is 3.38. The highest BCUT2D eigenvalue weighted by molar-refractivity contribution is 5.03. The zero-order valence-electron chi connectivity index (χ0n) is 11.3. The van der Waals surface area contributed by atoms with Gasteiger partial charge in [-0.2, -0.15) is 5.10 Å². The summed E-state index contributed by atoms with van der Waals surface area (Å²) < 4.78 is 2.19. The molecule has 1 aromatic heterocycles. The van der Waals surface area contributed by atoms with Gasteiger partial charge in [0.05, 0.1) is 11.7 Å². The van der Waals surface area contributed by atoms with Crippen molar-refractivity contribution in [1.82, 2.24) is 15.1 Å². The first kappa shape index (κ1) is 12.6. The van der Waals surface area contributed by atoms with E-state index < -0.39 is 0 Å². The Morgan fingerprint density at radius 1 is 1.41 bits per heavy atom. The number of likely N-dealkylation sites (N-methyl/N-ethyl adjacent to an activating group) is 1. The average molecular weight is 235 g/mol. The molecule has 3 nitrogen and oxygen atoms in total. The summed E-state index contributed by atoms with van der Waals surface area (Å²) in [7, 11) is 2.04. The van der Waals surface area contributed by atoms with Gasteiger partial charge >= 0.3 is 0 Å². The first-order chi connectivity index (χ1) is 8.20. The molecule has 0 aliphatic heterocycles. The lowest BCUT2D eigenvalue weighted by atomic mass is 10.00. The first-order valence-electron chi connectivity index (χ1n) is 6.92. The van der Waals surface area contributed by atoms with Gasteiger partial charge in [0, 0.05) is 18.7 Å². The third-order valence-corrected chi connectivity index (χ3v) is 3.97. The van der Waals surface area contributed by atoms with Gasteiger partial charge < -0.3 is 5.32 Å². The van der Waals surface area contributed by atoms with E-state index in [4.69, 9.17) is 5.10 Å². The molecule has 1 N–H and O–H groups in total. The molecule has 1 unspecified atom stereocenters. The van der Waals surface area contributed by atoms with Crippen molar-refractivity contribution in [2.75, 3.05) is 7.05 Å². The summed E-state index contributed by atoms with van der Waals surface area (Å²) in [6.07, 6.45) is 8.55. The normalized spacial score (nSPS) is 19.1. The van der Waals surface area contributed by atoms with Crippen LogP contribution in [0.15, 0.2) is 12.3 Å². The van der Waals surface area contributed by atoms with Crippen molar-refractivity contribution >= 4 is 0 Å². The van der Waals surface area contributed by atoms with Crippen molar-refractivity contribution in [3.05, 3.63) is 18.0 Å². The van der Waals surface area contributed by atoms with Crippen LogP contribution in [-0.2, 0) is 6.42 Å². The van der Waals surface area contributed by atoms with Gasteiger partial charge in [0.1, 0.15) is 0 Å². The quantitative estimate of drug-likeness (QED) is 0.850. The van der Waals surface area contributed by atoms with E-state index >= 15 is 0 Å². The van der Waals surface area contributed by atoms with Gasteiger partial charge in [-0.05, 0) is 31.9 Å². The number of rotatable bonds is 5. The maximum Gasteiger partial charge on any atom is 0.0640 e. The summed E-state index contributed by atoms with van der Waals surface area (Å²) in [6.45, 7) is 4.52. The molecule has 1 heterocycles. The molecule has 0 radical (unpaired) electrons. The predicted molar refractivity (Wildman–Crippen MR) is 71.1 cm³/mol. The fourth-order valence-electron chi connectivity index (χ4n) is 2.75. The van der Waals surface area contributed by atoms with E-state index in [1.165, 1.54) is 31.4 Å². The highest BCUT2D eigenvalue weighted by atomic mass is 15.3. The van der Waals surface area contributed by atoms with Crippen molar-refractivity contribution in [2.24, 2.45) is 5.92 Å². The lowest BCUT2D eigenvalue weighted by Gasteiger charge is -2.18. The molecule has 17 heavy (non-hydrogen) atoms. The largest absolute Gasteiger partial charge is 0.316 e. The monoisotopic (exact) mass is 235 g/mol. The molecule has 3 heteroatoms. The van der Waals surface area contributed by atoms with E-state index in [0.717, 1.165) is 6.42 Å². The SMILES string of the molecule is CNC(Cc1ccn(C2CCCC2)n1)C(C)C. The lowest BCUT2D eigenvalue weighted by Crippen LogP contribution is -2.32. The fraction of sp³-hybridized carbons (Fsp3) is 0.786. The molecular formula is C14H25N3. The molecular weight excluding hydrogens is 210 g/mol. The minimum absolute atomic E-state index is 0.530. The standard InChI is InChI=1S/C14H25N3/c1-11(2)14(15-3)10-12-8-9-17(16-12)13-6-4-5-7-13/h8-9,11,13-15H,4-7,10H2,1-3H3. The van der Waals surface area contributed by atoms with Crippen LogP contribution in [0.2, 0.25) is 0 Å². The van der Waals surface area contributed by atoms with Gasteiger partial charge in [0.2, 0.25) is 0 Å². The Morgan fingerprint density at radius 3 is 2.71 bits per heavy atom. The number of hydrogen-bond acceptors (Lipinski definition) is 2. The van der Waals surface area contributed by atoms with Gasteiger partial charge in [-0.25, -0.2) is 0 Å². The summed E-state index contributed by atoms with van der Waals surface area (Å²) >= 11 is 0. The van der Waals surface area contributed by atoms with E-state index in [-0.39, 0.29) is 0 Å². The van der Waals surface area contributed by atoms with Crippen molar-refractivity contribution in [3.63, 3.8) is 0 Å². The Hall–Kier alpha value is -0.830. The third kappa shape index (κ3) is 3.09. The number of aromatic nitrogens is 2. The second-order valence-corrected chi connectivity index (χ2v) is 5.57. The number of nitrogens with one attached hydrogen (secondary N) is 1. The predicted octanol–water partition coefficient (Wildman–Crippen LogP) is 2.78. The van der Waals surface area contributed by atoms with Crippen LogP contribution in [-0.4, -0.2) is 22.9 Å². The van der Waals surface area contributed by atoms with Crippen LogP contribution in [0.4, 0.5) is 0 Å². The van der Waals surface area contributed by atoms with Crippen molar-refractivity contribution in [1.29, 1.82) is 0 Å². The molecule has 0 bridgehead atoms. The highest BCUT2D eigenvalue weighted by Crippen LogP contribution is 2.28. The van der Waals surface area contributed by atoms with Gasteiger partial charge in [-0.1, -0.05) is 26.7 Å². The van der Waals surface area contributed by atoms with Crippen LogP contribution in [0.5, 0.6) is 0 Å². The molecule has 1 saturated carbocycles. The van der Waals surface area contributed by atoms with Crippen molar-refractivity contribution < 1.29 is 0 Å². The second kappa shape index (κ2) is 5.67. The van der Waals surface area contributed by atoms with Crippen LogP contribution >= 0.6 is 0 Å².